The third-order valence-corrected chi connectivity index (χ3v) is 1.17. The van der Waals surface area contributed by atoms with Gasteiger partial charge in [0.25, 0.3) is 0 Å². The van der Waals surface area contributed by atoms with Crippen LogP contribution in [0.1, 0.15) is 5.69 Å². The first-order chi connectivity index (χ1) is 5.55. The predicted octanol–water partition coefficient (Wildman–Crippen LogP) is 0.653. The van der Waals surface area contributed by atoms with Crippen molar-refractivity contribution >= 4 is 5.97 Å². The van der Waals surface area contributed by atoms with Crippen LogP contribution in [0.4, 0.5) is 8.78 Å². The normalized spacial score (nSPS) is 11.2. The Hall–Kier alpha value is -1.59. The van der Waals surface area contributed by atoms with Gasteiger partial charge >= 0.3 is 11.9 Å². The van der Waals surface area contributed by atoms with E-state index in [1.165, 1.54) is 0 Å². The summed E-state index contributed by atoms with van der Waals surface area (Å²) in [5, 5.41) is 8.08. The Kier molecular flexibility index (Phi) is 1.99. The fourth-order valence-electron chi connectivity index (χ4n) is 0.586. The summed E-state index contributed by atoms with van der Waals surface area (Å²) < 4.78 is 25.2. The molecule has 4 nitrogen and oxygen atoms in total. The summed E-state index contributed by atoms with van der Waals surface area (Å²) in [6.07, 6.45) is 1.92. The van der Waals surface area contributed by atoms with Gasteiger partial charge in [-0.15, -0.1) is 0 Å². The van der Waals surface area contributed by atoms with E-state index in [0.717, 1.165) is 18.6 Å². The zero-order valence-corrected chi connectivity index (χ0v) is 5.74. The molecule has 1 rings (SSSR count). The molecule has 0 atom stereocenters. The molecule has 1 aromatic rings. The Balaban J connectivity index is 3.06. The SMILES string of the molecule is O=C(O)C(F)(F)c1ccncn1. The number of alkyl halides is 2. The van der Waals surface area contributed by atoms with Crippen molar-refractivity contribution in [2.24, 2.45) is 0 Å². The van der Waals surface area contributed by atoms with E-state index in [0.29, 0.717) is 0 Å². The molecule has 1 aromatic heterocycles. The average molecular weight is 174 g/mol. The molecule has 0 aromatic carbocycles. The fourth-order valence-corrected chi connectivity index (χ4v) is 0.586. The van der Waals surface area contributed by atoms with Crippen molar-refractivity contribution in [2.75, 3.05) is 0 Å². The molecule has 0 radical (unpaired) electrons. The second-order valence-electron chi connectivity index (χ2n) is 1.97. The number of aliphatic carboxylic acids is 1. The molecule has 0 bridgehead atoms. The van der Waals surface area contributed by atoms with Crippen molar-refractivity contribution in [3.8, 4) is 0 Å². The molecule has 6 heteroatoms. The van der Waals surface area contributed by atoms with Crippen molar-refractivity contribution in [1.29, 1.82) is 0 Å². The number of rotatable bonds is 2. The Morgan fingerprint density at radius 3 is 2.67 bits per heavy atom. The van der Waals surface area contributed by atoms with E-state index in [4.69, 9.17) is 5.11 Å². The van der Waals surface area contributed by atoms with E-state index in [1.807, 2.05) is 0 Å². The molecule has 0 amide bonds. The first-order valence-electron chi connectivity index (χ1n) is 2.93. The molecule has 0 saturated heterocycles. The lowest BCUT2D eigenvalue weighted by atomic mass is 10.2. The summed E-state index contributed by atoms with van der Waals surface area (Å²) in [6.45, 7) is 0. The van der Waals surface area contributed by atoms with Gasteiger partial charge in [-0.2, -0.15) is 8.78 Å². The van der Waals surface area contributed by atoms with Crippen LogP contribution < -0.4 is 0 Å². The minimum Gasteiger partial charge on any atom is -0.476 e. The largest absolute Gasteiger partial charge is 0.476 e. The van der Waals surface area contributed by atoms with E-state index in [9.17, 15) is 13.6 Å². The van der Waals surface area contributed by atoms with Crippen LogP contribution in [0.2, 0.25) is 0 Å². The van der Waals surface area contributed by atoms with Crippen LogP contribution in [-0.4, -0.2) is 21.0 Å². The highest BCUT2D eigenvalue weighted by atomic mass is 19.3. The molecule has 1 heterocycles. The van der Waals surface area contributed by atoms with E-state index < -0.39 is 17.6 Å². The number of carbonyl (C=O) groups is 1. The Bertz CT molecular complexity index is 289. The van der Waals surface area contributed by atoms with Crippen molar-refractivity contribution in [2.45, 2.75) is 5.92 Å². The van der Waals surface area contributed by atoms with E-state index in [1.54, 1.807) is 0 Å². The smallest absolute Gasteiger partial charge is 0.384 e. The zero-order valence-electron chi connectivity index (χ0n) is 5.74. The molecule has 0 fully saturated rings. The summed E-state index contributed by atoms with van der Waals surface area (Å²) in [7, 11) is 0. The number of aromatic nitrogens is 2. The summed E-state index contributed by atoms with van der Waals surface area (Å²) in [5.41, 5.74) is -0.815. The highest BCUT2D eigenvalue weighted by molar-refractivity contribution is 5.76. The third kappa shape index (κ3) is 1.36. The lowest BCUT2D eigenvalue weighted by molar-refractivity contribution is -0.166. The van der Waals surface area contributed by atoms with Crippen LogP contribution in [-0.2, 0) is 10.7 Å². The lowest BCUT2D eigenvalue weighted by Gasteiger charge is -2.08. The second-order valence-corrected chi connectivity index (χ2v) is 1.97. The van der Waals surface area contributed by atoms with Crippen LogP contribution in [0.25, 0.3) is 0 Å². The third-order valence-electron chi connectivity index (χ3n) is 1.17. The summed E-state index contributed by atoms with van der Waals surface area (Å²) in [5.74, 6) is -6.16. The van der Waals surface area contributed by atoms with Crippen LogP contribution >= 0.6 is 0 Å². The summed E-state index contributed by atoms with van der Waals surface area (Å²) >= 11 is 0. The van der Waals surface area contributed by atoms with Crippen LogP contribution in [0.15, 0.2) is 18.6 Å². The molecular weight excluding hydrogens is 170 g/mol. The molecule has 0 aliphatic carbocycles. The van der Waals surface area contributed by atoms with E-state index in [2.05, 4.69) is 9.97 Å². The minimum atomic E-state index is -3.94. The topological polar surface area (TPSA) is 63.1 Å². The highest BCUT2D eigenvalue weighted by Gasteiger charge is 2.42. The summed E-state index contributed by atoms with van der Waals surface area (Å²) in [6, 6.07) is 0.855. The fraction of sp³-hybridized carbons (Fsp3) is 0.167. The molecule has 0 aliphatic rings. The Labute approximate surface area is 65.9 Å². The maximum absolute atomic E-state index is 12.6. The van der Waals surface area contributed by atoms with Gasteiger partial charge in [-0.05, 0) is 6.07 Å². The second kappa shape index (κ2) is 2.80. The van der Waals surface area contributed by atoms with Crippen molar-refractivity contribution in [3.63, 3.8) is 0 Å². The molecular formula is C6H4F2N2O2. The van der Waals surface area contributed by atoms with Gasteiger partial charge in [-0.1, -0.05) is 0 Å². The first-order valence-corrected chi connectivity index (χ1v) is 2.93. The summed E-state index contributed by atoms with van der Waals surface area (Å²) in [4.78, 5) is 16.5. The Morgan fingerprint density at radius 2 is 2.25 bits per heavy atom. The van der Waals surface area contributed by atoms with E-state index >= 15 is 0 Å². The maximum Gasteiger partial charge on any atom is 0.384 e. The molecule has 1 N–H and O–H groups in total. The van der Waals surface area contributed by atoms with Gasteiger partial charge < -0.3 is 5.11 Å². The van der Waals surface area contributed by atoms with Crippen molar-refractivity contribution < 1.29 is 18.7 Å². The zero-order chi connectivity index (χ0) is 9.19. The number of carboxylic acids is 1. The molecule has 0 unspecified atom stereocenters. The number of hydrogen-bond acceptors (Lipinski definition) is 3. The number of nitrogens with zero attached hydrogens (tertiary/aromatic N) is 2. The van der Waals surface area contributed by atoms with Crippen LogP contribution in [0, 0.1) is 0 Å². The van der Waals surface area contributed by atoms with Crippen molar-refractivity contribution in [1.82, 2.24) is 9.97 Å². The molecule has 0 spiro atoms. The quantitative estimate of drug-likeness (QED) is 0.715. The van der Waals surface area contributed by atoms with Crippen molar-refractivity contribution in [3.05, 3.63) is 24.3 Å². The van der Waals surface area contributed by atoms with Gasteiger partial charge in [0.15, 0.2) is 0 Å². The number of halogens is 2. The van der Waals surface area contributed by atoms with E-state index in [-0.39, 0.29) is 0 Å². The molecule has 12 heavy (non-hydrogen) atoms. The van der Waals surface area contributed by atoms with Gasteiger partial charge in [0.05, 0.1) is 0 Å². The maximum atomic E-state index is 12.6. The molecule has 0 saturated carbocycles. The van der Waals surface area contributed by atoms with Gasteiger partial charge in [0.2, 0.25) is 0 Å². The van der Waals surface area contributed by atoms with Gasteiger partial charge in [0, 0.05) is 6.20 Å². The number of carboxylic acid groups (broad SMARTS) is 1. The number of hydrogen-bond donors (Lipinski definition) is 1. The van der Waals surface area contributed by atoms with Gasteiger partial charge in [0.1, 0.15) is 12.0 Å². The van der Waals surface area contributed by atoms with Crippen LogP contribution in [0.5, 0.6) is 0 Å². The van der Waals surface area contributed by atoms with Crippen LogP contribution in [0.3, 0.4) is 0 Å². The minimum absolute atomic E-state index is 0.815. The standard InChI is InChI=1S/C6H4F2N2O2/c7-6(8,5(11)12)4-1-2-9-3-10-4/h1-3H,(H,11,12). The lowest BCUT2D eigenvalue weighted by Crippen LogP contribution is -2.26. The monoisotopic (exact) mass is 174 g/mol. The predicted molar refractivity (Wildman–Crippen MR) is 33.6 cm³/mol. The Morgan fingerprint density at radius 1 is 1.58 bits per heavy atom. The van der Waals surface area contributed by atoms with Gasteiger partial charge in [-0.3, -0.25) is 0 Å². The molecule has 0 aliphatic heterocycles. The van der Waals surface area contributed by atoms with Gasteiger partial charge in [-0.25, -0.2) is 14.8 Å². The first kappa shape index (κ1) is 8.51. The highest BCUT2D eigenvalue weighted by Crippen LogP contribution is 2.25. The average Bonchev–Trinajstić information content (AvgIpc) is 2.06. The molecule has 64 valence electrons.